The Morgan fingerprint density at radius 2 is 1.64 bits per heavy atom. The van der Waals surface area contributed by atoms with Gasteiger partial charge in [-0.15, -0.1) is 10.2 Å². The molecule has 3 aromatic rings. The molecule has 1 saturated carbocycles. The zero-order chi connectivity index (χ0) is 32.8. The van der Waals surface area contributed by atoms with Crippen LogP contribution in [0.2, 0.25) is 0 Å². The minimum absolute atomic E-state index is 0.198. The summed E-state index contributed by atoms with van der Waals surface area (Å²) in [7, 11) is 1.87. The molecule has 4 fully saturated rings. The van der Waals surface area contributed by atoms with Crippen LogP contribution in [-0.2, 0) is 4.74 Å². The summed E-state index contributed by atoms with van der Waals surface area (Å²) in [5.74, 6) is 2.26. The molecule has 3 aliphatic heterocycles. The molecule has 250 valence electrons. The van der Waals surface area contributed by atoms with E-state index in [2.05, 4.69) is 30.2 Å². The standard InChI is InChI=1S/C35H47N9O3/c1-34(2,3)47-33(46)44-22-35(23-44)18-24(19-35)25-20-37-32(38-21-25)43-11-9-26(10-12-43)41-13-15-42(16-14-41)29-17-28(39-40-31(29)36-4)27-7-5-6-8-30(27)45/h5-8,17,20-21,24,26,45H,9-16,18-19,22-23H2,1-4H3,(H,36,40). The van der Waals surface area contributed by atoms with E-state index in [4.69, 9.17) is 14.7 Å². The van der Waals surface area contributed by atoms with Crippen LogP contribution in [0, 0.1) is 5.41 Å². The summed E-state index contributed by atoms with van der Waals surface area (Å²) in [4.78, 5) is 31.1. The fraction of sp³-hybridized carbons (Fsp3) is 0.571. The van der Waals surface area contributed by atoms with Crippen LogP contribution in [0.4, 0.5) is 22.2 Å². The maximum Gasteiger partial charge on any atom is 0.410 e. The van der Waals surface area contributed by atoms with Gasteiger partial charge in [0.2, 0.25) is 5.95 Å². The van der Waals surface area contributed by atoms with Gasteiger partial charge in [0.1, 0.15) is 11.4 Å². The minimum atomic E-state index is -0.455. The number of ether oxygens (including phenoxy) is 1. The van der Waals surface area contributed by atoms with Crippen LogP contribution in [0.1, 0.15) is 57.9 Å². The topological polar surface area (TPSA) is 123 Å². The number of carbonyl (C=O) groups excluding carboxylic acids is 1. The molecule has 0 bridgehead atoms. The molecule has 3 saturated heterocycles. The van der Waals surface area contributed by atoms with Crippen molar-refractivity contribution < 1.29 is 14.6 Å². The molecule has 0 radical (unpaired) electrons. The van der Waals surface area contributed by atoms with Crippen LogP contribution < -0.4 is 15.1 Å². The first kappa shape index (κ1) is 31.4. The average molecular weight is 642 g/mol. The minimum Gasteiger partial charge on any atom is -0.507 e. The molecule has 7 rings (SSSR count). The molecule has 1 aromatic carbocycles. The van der Waals surface area contributed by atoms with Crippen molar-refractivity contribution in [1.82, 2.24) is 30.0 Å². The number of aromatic nitrogens is 4. The number of anilines is 3. The molecule has 12 heteroatoms. The Hall–Kier alpha value is -4.19. The highest BCUT2D eigenvalue weighted by molar-refractivity contribution is 5.75. The second-order valence-corrected chi connectivity index (χ2v) is 14.7. The van der Waals surface area contributed by atoms with E-state index in [1.165, 1.54) is 5.56 Å². The Morgan fingerprint density at radius 1 is 0.957 bits per heavy atom. The number of carbonyl (C=O) groups is 1. The summed E-state index contributed by atoms with van der Waals surface area (Å²) in [6.07, 6.45) is 8.21. The van der Waals surface area contributed by atoms with Gasteiger partial charge in [0, 0.05) is 88.8 Å². The molecule has 0 unspecified atom stereocenters. The second-order valence-electron chi connectivity index (χ2n) is 14.7. The number of para-hydroxylation sites is 1. The Bertz CT molecular complexity index is 1560. The number of likely N-dealkylation sites (tertiary alicyclic amines) is 1. The number of benzene rings is 1. The Kier molecular flexibility index (Phi) is 8.32. The van der Waals surface area contributed by atoms with E-state index >= 15 is 0 Å². The van der Waals surface area contributed by atoms with Crippen molar-refractivity contribution in [3.05, 3.63) is 48.3 Å². The van der Waals surface area contributed by atoms with Gasteiger partial charge >= 0.3 is 6.09 Å². The predicted molar refractivity (Wildman–Crippen MR) is 182 cm³/mol. The fourth-order valence-electron chi connectivity index (χ4n) is 7.79. The lowest BCUT2D eigenvalue weighted by Gasteiger charge is -2.58. The molecule has 1 aliphatic carbocycles. The van der Waals surface area contributed by atoms with Crippen LogP contribution in [0.5, 0.6) is 5.75 Å². The molecule has 1 spiro atoms. The summed E-state index contributed by atoms with van der Waals surface area (Å²) in [6, 6.07) is 9.84. The zero-order valence-corrected chi connectivity index (χ0v) is 28.0. The molecule has 2 N–H and O–H groups in total. The first-order valence-electron chi connectivity index (χ1n) is 17.0. The van der Waals surface area contributed by atoms with Crippen molar-refractivity contribution in [2.75, 3.05) is 74.5 Å². The van der Waals surface area contributed by atoms with Crippen molar-refractivity contribution >= 4 is 23.5 Å². The predicted octanol–water partition coefficient (Wildman–Crippen LogP) is 4.59. The molecule has 1 amide bonds. The van der Waals surface area contributed by atoms with E-state index in [1.54, 1.807) is 6.07 Å². The number of piperidine rings is 1. The van der Waals surface area contributed by atoms with Crippen molar-refractivity contribution in [3.8, 4) is 17.0 Å². The van der Waals surface area contributed by atoms with Crippen LogP contribution in [0.3, 0.4) is 0 Å². The molecule has 5 heterocycles. The summed E-state index contributed by atoms with van der Waals surface area (Å²) < 4.78 is 5.52. The van der Waals surface area contributed by atoms with Gasteiger partial charge in [-0.25, -0.2) is 14.8 Å². The average Bonchev–Trinajstić information content (AvgIpc) is 3.03. The number of aromatic hydroxyl groups is 1. The van der Waals surface area contributed by atoms with Crippen molar-refractivity contribution in [1.29, 1.82) is 0 Å². The Labute approximate surface area is 277 Å². The number of amides is 1. The summed E-state index contributed by atoms with van der Waals surface area (Å²) in [6.45, 7) is 13.0. The Balaban J connectivity index is 0.875. The van der Waals surface area contributed by atoms with E-state index in [-0.39, 0.29) is 17.3 Å². The van der Waals surface area contributed by atoms with Crippen molar-refractivity contribution in [2.45, 2.75) is 64.0 Å². The third-order valence-corrected chi connectivity index (χ3v) is 10.3. The number of nitrogens with one attached hydrogen (secondary N) is 1. The smallest absolute Gasteiger partial charge is 0.410 e. The number of hydrogen-bond donors (Lipinski definition) is 2. The highest BCUT2D eigenvalue weighted by atomic mass is 16.6. The number of nitrogens with zero attached hydrogens (tertiary/aromatic N) is 8. The van der Waals surface area contributed by atoms with Gasteiger partial charge < -0.3 is 29.9 Å². The lowest BCUT2D eigenvalue weighted by Crippen LogP contribution is -2.63. The molecular weight excluding hydrogens is 594 g/mol. The largest absolute Gasteiger partial charge is 0.507 e. The second kappa shape index (κ2) is 12.4. The fourth-order valence-corrected chi connectivity index (χ4v) is 7.79. The molecule has 0 atom stereocenters. The highest BCUT2D eigenvalue weighted by Gasteiger charge is 2.54. The van der Waals surface area contributed by atoms with Gasteiger partial charge in [-0.2, -0.15) is 0 Å². The van der Waals surface area contributed by atoms with E-state index in [0.717, 1.165) is 95.5 Å². The maximum atomic E-state index is 12.3. The van der Waals surface area contributed by atoms with E-state index < -0.39 is 5.60 Å². The number of rotatable bonds is 6. The SMILES string of the molecule is CNc1nnc(-c2ccccc2O)cc1N1CCN(C2CCN(c3ncc(C4CC5(C4)CN(C(=O)OC(C)(C)C)C5)cn3)CC2)CC1. The van der Waals surface area contributed by atoms with Crippen molar-refractivity contribution in [3.63, 3.8) is 0 Å². The molecule has 47 heavy (non-hydrogen) atoms. The van der Waals surface area contributed by atoms with Gasteiger partial charge in [0.05, 0.1) is 11.4 Å². The first-order valence-corrected chi connectivity index (χ1v) is 17.0. The van der Waals surface area contributed by atoms with Crippen LogP contribution in [-0.4, -0.2) is 112 Å². The number of hydrogen-bond acceptors (Lipinski definition) is 11. The van der Waals surface area contributed by atoms with Crippen LogP contribution in [0.15, 0.2) is 42.7 Å². The van der Waals surface area contributed by atoms with Gasteiger partial charge in [0.25, 0.3) is 0 Å². The monoisotopic (exact) mass is 641 g/mol. The van der Waals surface area contributed by atoms with Gasteiger partial charge in [-0.1, -0.05) is 12.1 Å². The van der Waals surface area contributed by atoms with E-state index in [9.17, 15) is 9.90 Å². The van der Waals surface area contributed by atoms with Crippen LogP contribution >= 0.6 is 0 Å². The lowest BCUT2D eigenvalue weighted by molar-refractivity contribution is -0.0786. The lowest BCUT2D eigenvalue weighted by atomic mass is 9.56. The number of piperazine rings is 1. The normalized spacial score (nSPS) is 20.6. The van der Waals surface area contributed by atoms with E-state index in [0.29, 0.717) is 23.2 Å². The maximum absolute atomic E-state index is 12.3. The van der Waals surface area contributed by atoms with E-state index in [1.807, 2.05) is 69.4 Å². The third kappa shape index (κ3) is 6.52. The zero-order valence-electron chi connectivity index (χ0n) is 28.0. The number of phenols is 1. The van der Waals surface area contributed by atoms with Gasteiger partial charge in [-0.05, 0) is 76.1 Å². The molecule has 4 aliphatic rings. The molecular formula is C35H47N9O3. The summed E-state index contributed by atoms with van der Waals surface area (Å²) in [5.41, 5.74) is 3.37. The summed E-state index contributed by atoms with van der Waals surface area (Å²) in [5, 5.41) is 22.3. The highest BCUT2D eigenvalue weighted by Crippen LogP contribution is 2.56. The van der Waals surface area contributed by atoms with Gasteiger partial charge in [-0.3, -0.25) is 4.90 Å². The number of phenolic OH excluding ortho intramolecular Hbond substituents is 1. The third-order valence-electron chi connectivity index (χ3n) is 10.3. The molecule has 12 nitrogen and oxygen atoms in total. The van der Waals surface area contributed by atoms with Crippen LogP contribution in [0.25, 0.3) is 11.3 Å². The molecule has 2 aromatic heterocycles. The van der Waals surface area contributed by atoms with Gasteiger partial charge in [0.15, 0.2) is 5.82 Å². The van der Waals surface area contributed by atoms with Crippen molar-refractivity contribution in [2.24, 2.45) is 5.41 Å². The summed E-state index contributed by atoms with van der Waals surface area (Å²) >= 11 is 0. The quantitative estimate of drug-likeness (QED) is 0.393. The first-order chi connectivity index (χ1) is 22.6. The Morgan fingerprint density at radius 3 is 2.28 bits per heavy atom.